The average Bonchev–Trinajstić information content (AvgIpc) is 2.27. The Labute approximate surface area is 96.6 Å². The zero-order valence-corrected chi connectivity index (χ0v) is 9.85. The zero-order valence-electron chi connectivity index (χ0n) is 9.85. The van der Waals surface area contributed by atoms with Crippen LogP contribution in [0.1, 0.15) is 25.8 Å². The van der Waals surface area contributed by atoms with E-state index in [-0.39, 0.29) is 17.9 Å². The highest BCUT2D eigenvalue weighted by molar-refractivity contribution is 5.69. The van der Waals surface area contributed by atoms with Crippen LogP contribution < -0.4 is 5.73 Å². The summed E-state index contributed by atoms with van der Waals surface area (Å²) >= 11 is 0. The second-order valence-electron chi connectivity index (χ2n) is 4.19. The summed E-state index contributed by atoms with van der Waals surface area (Å²) in [6.07, 6.45) is 0.379. The van der Waals surface area contributed by atoms with Crippen molar-refractivity contribution >= 4 is 5.97 Å². The van der Waals surface area contributed by atoms with Gasteiger partial charge in [0, 0.05) is 12.5 Å². The Morgan fingerprint density at radius 2 is 1.94 bits per heavy atom. The first-order valence-corrected chi connectivity index (χ1v) is 5.54. The highest BCUT2D eigenvalue weighted by Crippen LogP contribution is 2.08. The van der Waals surface area contributed by atoms with Gasteiger partial charge < -0.3 is 10.5 Å². The first kappa shape index (κ1) is 12.7. The van der Waals surface area contributed by atoms with Gasteiger partial charge in [-0.25, -0.2) is 0 Å². The summed E-state index contributed by atoms with van der Waals surface area (Å²) in [5, 5.41) is 0. The number of ether oxygens (including phenoxy) is 1. The third-order valence-electron chi connectivity index (χ3n) is 2.63. The minimum absolute atomic E-state index is 0.0178. The largest absolute Gasteiger partial charge is 0.461 e. The Kier molecular flexibility index (Phi) is 4.99. The van der Waals surface area contributed by atoms with Crippen molar-refractivity contribution in [1.29, 1.82) is 0 Å². The van der Waals surface area contributed by atoms with Crippen LogP contribution in [0.3, 0.4) is 0 Å². The normalized spacial score (nSPS) is 14.2. The lowest BCUT2D eigenvalue weighted by atomic mass is 10.0. The van der Waals surface area contributed by atoms with Crippen molar-refractivity contribution in [3.63, 3.8) is 0 Å². The van der Waals surface area contributed by atoms with Gasteiger partial charge in [0.2, 0.25) is 0 Å². The molecule has 0 radical (unpaired) electrons. The second-order valence-corrected chi connectivity index (χ2v) is 4.19. The first-order chi connectivity index (χ1) is 7.59. The highest BCUT2D eigenvalue weighted by Gasteiger charge is 2.13. The van der Waals surface area contributed by atoms with Crippen molar-refractivity contribution in [2.45, 2.75) is 32.9 Å². The molecule has 1 aromatic rings. The van der Waals surface area contributed by atoms with E-state index in [4.69, 9.17) is 10.5 Å². The van der Waals surface area contributed by atoms with Crippen LogP contribution in [0.5, 0.6) is 0 Å². The quantitative estimate of drug-likeness (QED) is 0.775. The molecular formula is C13H19NO2. The number of carbonyl (C=O) groups excluding carboxylic acids is 1. The van der Waals surface area contributed by atoms with E-state index < -0.39 is 0 Å². The lowest BCUT2D eigenvalue weighted by Crippen LogP contribution is -2.26. The molecule has 2 N–H and O–H groups in total. The van der Waals surface area contributed by atoms with Crippen LogP contribution >= 0.6 is 0 Å². The van der Waals surface area contributed by atoms with Gasteiger partial charge in [-0.15, -0.1) is 0 Å². The third kappa shape index (κ3) is 4.45. The van der Waals surface area contributed by atoms with Crippen molar-refractivity contribution in [2.24, 2.45) is 11.7 Å². The molecule has 1 aromatic carbocycles. The summed E-state index contributed by atoms with van der Waals surface area (Å²) in [7, 11) is 0. The van der Waals surface area contributed by atoms with Crippen LogP contribution in [0.4, 0.5) is 0 Å². The molecule has 0 saturated heterocycles. The maximum Gasteiger partial charge on any atom is 0.306 e. The summed E-state index contributed by atoms with van der Waals surface area (Å²) in [6.45, 7) is 4.19. The number of carbonyl (C=O) groups is 1. The number of esters is 1. The monoisotopic (exact) mass is 221 g/mol. The molecule has 0 aliphatic rings. The topological polar surface area (TPSA) is 52.3 Å². The van der Waals surface area contributed by atoms with Crippen LogP contribution in [0.2, 0.25) is 0 Å². The Morgan fingerprint density at radius 1 is 1.31 bits per heavy atom. The smallest absolute Gasteiger partial charge is 0.306 e. The molecule has 0 aliphatic carbocycles. The minimum Gasteiger partial charge on any atom is -0.461 e. The van der Waals surface area contributed by atoms with E-state index >= 15 is 0 Å². The maximum atomic E-state index is 11.5. The fourth-order valence-corrected chi connectivity index (χ4v) is 1.25. The molecular weight excluding hydrogens is 202 g/mol. The van der Waals surface area contributed by atoms with Gasteiger partial charge in [-0.2, -0.15) is 0 Å². The van der Waals surface area contributed by atoms with E-state index in [1.165, 1.54) is 0 Å². The van der Waals surface area contributed by atoms with Gasteiger partial charge in [0.15, 0.2) is 0 Å². The molecule has 0 amide bonds. The molecule has 0 aliphatic heterocycles. The molecule has 1 rings (SSSR count). The van der Waals surface area contributed by atoms with Gasteiger partial charge in [-0.05, 0) is 18.4 Å². The number of nitrogens with two attached hydrogens (primary N) is 1. The molecule has 0 aromatic heterocycles. The van der Waals surface area contributed by atoms with Gasteiger partial charge in [-0.1, -0.05) is 37.3 Å². The molecule has 0 heterocycles. The number of hydrogen-bond acceptors (Lipinski definition) is 3. The lowest BCUT2D eigenvalue weighted by Gasteiger charge is -2.14. The van der Waals surface area contributed by atoms with Gasteiger partial charge in [0.05, 0.1) is 0 Å². The van der Waals surface area contributed by atoms with Crippen molar-refractivity contribution in [3.05, 3.63) is 35.9 Å². The molecule has 0 spiro atoms. The van der Waals surface area contributed by atoms with E-state index in [9.17, 15) is 4.79 Å². The molecule has 3 heteroatoms. The summed E-state index contributed by atoms with van der Waals surface area (Å²) in [4.78, 5) is 11.5. The predicted octanol–water partition coefficient (Wildman–Crippen LogP) is 2.10. The predicted molar refractivity (Wildman–Crippen MR) is 63.7 cm³/mol. The summed E-state index contributed by atoms with van der Waals surface area (Å²) < 4.78 is 5.15. The number of rotatable bonds is 5. The first-order valence-electron chi connectivity index (χ1n) is 5.54. The summed E-state index contributed by atoms with van der Waals surface area (Å²) in [5.41, 5.74) is 6.69. The average molecular weight is 221 g/mol. The Balaban J connectivity index is 2.31. The third-order valence-corrected chi connectivity index (χ3v) is 2.63. The number of benzene rings is 1. The molecule has 0 saturated carbocycles. The van der Waals surface area contributed by atoms with Crippen LogP contribution in [0.15, 0.2) is 30.3 Å². The van der Waals surface area contributed by atoms with E-state index in [1.54, 1.807) is 0 Å². The number of hydrogen-bond donors (Lipinski definition) is 1. The van der Waals surface area contributed by atoms with Gasteiger partial charge in [0.1, 0.15) is 6.61 Å². The minimum atomic E-state index is -0.186. The molecule has 88 valence electrons. The van der Waals surface area contributed by atoms with E-state index in [0.717, 1.165) is 5.56 Å². The highest BCUT2D eigenvalue weighted by atomic mass is 16.5. The zero-order chi connectivity index (χ0) is 12.0. The summed E-state index contributed by atoms with van der Waals surface area (Å²) in [5.74, 6) is -0.0306. The van der Waals surface area contributed by atoms with Gasteiger partial charge in [0.25, 0.3) is 0 Å². The van der Waals surface area contributed by atoms with E-state index in [0.29, 0.717) is 13.0 Å². The standard InChI is InChI=1S/C13H19NO2/c1-10(11(2)14)8-13(15)16-9-12-6-4-3-5-7-12/h3-7,10-11H,8-9,14H2,1-2H3. The van der Waals surface area contributed by atoms with E-state index in [1.807, 2.05) is 44.2 Å². The maximum absolute atomic E-state index is 11.5. The van der Waals surface area contributed by atoms with Crippen molar-refractivity contribution < 1.29 is 9.53 Å². The molecule has 2 unspecified atom stereocenters. The lowest BCUT2D eigenvalue weighted by molar-refractivity contribution is -0.146. The van der Waals surface area contributed by atoms with Crippen LogP contribution in [-0.2, 0) is 16.1 Å². The van der Waals surface area contributed by atoms with Crippen LogP contribution in [0.25, 0.3) is 0 Å². The fraction of sp³-hybridized carbons (Fsp3) is 0.462. The fourth-order valence-electron chi connectivity index (χ4n) is 1.25. The SMILES string of the molecule is CC(N)C(C)CC(=O)OCc1ccccc1. The summed E-state index contributed by atoms with van der Waals surface area (Å²) in [6, 6.07) is 9.67. The van der Waals surface area contributed by atoms with Gasteiger partial charge in [-0.3, -0.25) is 4.79 Å². The molecule has 16 heavy (non-hydrogen) atoms. The van der Waals surface area contributed by atoms with Crippen LogP contribution in [0, 0.1) is 5.92 Å². The second kappa shape index (κ2) is 6.28. The van der Waals surface area contributed by atoms with Crippen molar-refractivity contribution in [1.82, 2.24) is 0 Å². The Hall–Kier alpha value is -1.35. The van der Waals surface area contributed by atoms with Crippen molar-refractivity contribution in [2.75, 3.05) is 0 Å². The molecule has 0 bridgehead atoms. The Bertz CT molecular complexity index is 322. The van der Waals surface area contributed by atoms with Crippen LogP contribution in [-0.4, -0.2) is 12.0 Å². The molecule has 0 fully saturated rings. The Morgan fingerprint density at radius 3 is 2.50 bits per heavy atom. The van der Waals surface area contributed by atoms with E-state index in [2.05, 4.69) is 0 Å². The van der Waals surface area contributed by atoms with Gasteiger partial charge >= 0.3 is 5.97 Å². The molecule has 3 nitrogen and oxygen atoms in total. The van der Waals surface area contributed by atoms with Crippen molar-refractivity contribution in [3.8, 4) is 0 Å². The molecule has 2 atom stereocenters.